The Balaban J connectivity index is 1.46. The Kier molecular flexibility index (Phi) is 6.05. The second-order valence-corrected chi connectivity index (χ2v) is 8.68. The predicted octanol–water partition coefficient (Wildman–Crippen LogP) is 2.97. The Morgan fingerprint density at radius 2 is 1.91 bits per heavy atom. The van der Waals surface area contributed by atoms with Crippen LogP contribution in [0.15, 0.2) is 34.9 Å². The number of urea groups is 1. The topological polar surface area (TPSA) is 101 Å². The van der Waals surface area contributed by atoms with Crippen LogP contribution in [0, 0.1) is 12.8 Å². The Bertz CT molecular complexity index is 1070. The van der Waals surface area contributed by atoms with Crippen LogP contribution < -0.4 is 14.8 Å². The van der Waals surface area contributed by atoms with Gasteiger partial charge in [0.25, 0.3) is 11.8 Å². The Hall–Kier alpha value is -3.49. The Morgan fingerprint density at radius 1 is 1.18 bits per heavy atom. The van der Waals surface area contributed by atoms with Crippen LogP contribution in [-0.2, 0) is 11.3 Å². The van der Waals surface area contributed by atoms with Crippen molar-refractivity contribution in [2.75, 3.05) is 27.3 Å². The summed E-state index contributed by atoms with van der Waals surface area (Å²) >= 11 is 0. The molecular formula is C24H29N3O6. The first-order valence-corrected chi connectivity index (χ1v) is 11.0. The fourth-order valence-corrected chi connectivity index (χ4v) is 4.78. The molecule has 4 rings (SSSR count). The second kappa shape index (κ2) is 8.80. The molecule has 0 bridgehead atoms. The van der Waals surface area contributed by atoms with Gasteiger partial charge in [-0.15, -0.1) is 0 Å². The zero-order valence-electron chi connectivity index (χ0n) is 19.3. The molecule has 1 N–H and O–H groups in total. The first-order valence-electron chi connectivity index (χ1n) is 11.0. The summed E-state index contributed by atoms with van der Waals surface area (Å²) in [5, 5.41) is 2.91. The number of hydrogen-bond acceptors (Lipinski definition) is 6. The van der Waals surface area contributed by atoms with Gasteiger partial charge >= 0.3 is 6.03 Å². The van der Waals surface area contributed by atoms with Crippen molar-refractivity contribution in [3.8, 4) is 11.5 Å². The number of piperidine rings is 1. The van der Waals surface area contributed by atoms with Gasteiger partial charge < -0.3 is 24.1 Å². The fourth-order valence-electron chi connectivity index (χ4n) is 4.78. The number of ether oxygens (including phenoxy) is 2. The number of para-hydroxylation sites is 1. The summed E-state index contributed by atoms with van der Waals surface area (Å²) in [5.41, 5.74) is 0.452. The van der Waals surface area contributed by atoms with Gasteiger partial charge in [0.1, 0.15) is 5.54 Å². The van der Waals surface area contributed by atoms with E-state index < -0.39 is 11.6 Å². The second-order valence-electron chi connectivity index (χ2n) is 8.68. The summed E-state index contributed by atoms with van der Waals surface area (Å²) < 4.78 is 16.1. The van der Waals surface area contributed by atoms with Crippen LogP contribution in [0.25, 0.3) is 0 Å². The lowest BCUT2D eigenvalue weighted by molar-refractivity contribution is -0.133. The summed E-state index contributed by atoms with van der Waals surface area (Å²) in [4.78, 5) is 41.9. The highest BCUT2D eigenvalue weighted by Crippen LogP contribution is 2.36. The van der Waals surface area contributed by atoms with Gasteiger partial charge in [-0.3, -0.25) is 14.5 Å². The quantitative estimate of drug-likeness (QED) is 0.672. The Morgan fingerprint density at radius 3 is 2.52 bits per heavy atom. The highest BCUT2D eigenvalue weighted by Gasteiger charge is 2.53. The number of likely N-dealkylation sites (tertiary alicyclic amines) is 1. The van der Waals surface area contributed by atoms with E-state index in [-0.39, 0.29) is 24.3 Å². The van der Waals surface area contributed by atoms with Crippen molar-refractivity contribution in [3.05, 3.63) is 47.4 Å². The van der Waals surface area contributed by atoms with E-state index in [1.54, 1.807) is 36.1 Å². The van der Waals surface area contributed by atoms with Crippen molar-refractivity contribution < 1.29 is 28.3 Å². The molecule has 9 heteroatoms. The number of amides is 4. The first-order chi connectivity index (χ1) is 15.8. The standard InChI is InChI=1S/C24H29N3O6/c1-15-10-13-33-19(15)21(28)26-11-8-17(9-12-26)24(2)22(29)27(23(30)25-24)14-16-6-5-7-18(31-3)20(16)32-4/h5-7,10,13,17H,8-9,11-12,14H2,1-4H3,(H,25,30)/t24-/m1/s1. The number of nitrogens with one attached hydrogen (secondary N) is 1. The molecule has 2 aliphatic rings. The maximum Gasteiger partial charge on any atom is 0.325 e. The molecule has 0 aliphatic carbocycles. The van der Waals surface area contributed by atoms with Crippen molar-refractivity contribution in [2.24, 2.45) is 5.92 Å². The van der Waals surface area contributed by atoms with Crippen LogP contribution in [0.1, 0.15) is 41.4 Å². The van der Waals surface area contributed by atoms with Crippen LogP contribution >= 0.6 is 0 Å². The first kappa shape index (κ1) is 22.7. The number of carbonyl (C=O) groups excluding carboxylic acids is 3. The van der Waals surface area contributed by atoms with Crippen molar-refractivity contribution in [1.29, 1.82) is 0 Å². The minimum Gasteiger partial charge on any atom is -0.493 e. The number of carbonyl (C=O) groups is 3. The van der Waals surface area contributed by atoms with E-state index in [0.717, 1.165) is 5.56 Å². The number of benzene rings is 1. The highest BCUT2D eigenvalue weighted by molar-refractivity contribution is 6.07. The summed E-state index contributed by atoms with van der Waals surface area (Å²) in [7, 11) is 3.06. The number of nitrogens with zero attached hydrogens (tertiary/aromatic N) is 2. The fraction of sp³-hybridized carbons (Fsp3) is 0.458. The minimum absolute atomic E-state index is 0.0791. The molecule has 0 spiro atoms. The monoisotopic (exact) mass is 455 g/mol. The van der Waals surface area contributed by atoms with Crippen molar-refractivity contribution in [2.45, 2.75) is 38.8 Å². The van der Waals surface area contributed by atoms with Gasteiger partial charge in [0.2, 0.25) is 0 Å². The van der Waals surface area contributed by atoms with Gasteiger partial charge in [-0.1, -0.05) is 12.1 Å². The molecule has 33 heavy (non-hydrogen) atoms. The molecule has 0 unspecified atom stereocenters. The largest absolute Gasteiger partial charge is 0.493 e. The number of rotatable bonds is 6. The van der Waals surface area contributed by atoms with E-state index in [2.05, 4.69) is 5.32 Å². The third-order valence-electron chi connectivity index (χ3n) is 6.77. The van der Waals surface area contributed by atoms with E-state index in [9.17, 15) is 14.4 Å². The van der Waals surface area contributed by atoms with Crippen LogP contribution in [-0.4, -0.2) is 60.5 Å². The molecule has 2 aliphatic heterocycles. The number of furan rings is 1. The normalized spacial score (nSPS) is 21.3. The molecule has 3 heterocycles. The van der Waals surface area contributed by atoms with Crippen LogP contribution in [0.3, 0.4) is 0 Å². The molecule has 1 aromatic carbocycles. The molecule has 2 saturated heterocycles. The summed E-state index contributed by atoms with van der Waals surface area (Å²) in [6.45, 7) is 4.67. The van der Waals surface area contributed by atoms with Crippen LogP contribution in [0.5, 0.6) is 11.5 Å². The molecule has 2 aromatic rings. The van der Waals surface area contributed by atoms with E-state index in [1.165, 1.54) is 25.4 Å². The van der Waals surface area contributed by atoms with E-state index >= 15 is 0 Å². The van der Waals surface area contributed by atoms with Crippen molar-refractivity contribution >= 4 is 17.8 Å². The zero-order valence-corrected chi connectivity index (χ0v) is 19.3. The number of hydrogen-bond donors (Lipinski definition) is 1. The van der Waals surface area contributed by atoms with E-state index in [0.29, 0.717) is 48.8 Å². The highest BCUT2D eigenvalue weighted by atomic mass is 16.5. The maximum atomic E-state index is 13.4. The van der Waals surface area contributed by atoms with Gasteiger partial charge in [-0.05, 0) is 44.7 Å². The Labute approximate surface area is 192 Å². The molecule has 0 saturated carbocycles. The van der Waals surface area contributed by atoms with Gasteiger partial charge in [-0.2, -0.15) is 0 Å². The molecule has 2 fully saturated rings. The van der Waals surface area contributed by atoms with Gasteiger partial charge in [0.05, 0.1) is 27.0 Å². The summed E-state index contributed by atoms with van der Waals surface area (Å²) in [6.07, 6.45) is 2.71. The van der Waals surface area contributed by atoms with Gasteiger partial charge in [-0.25, -0.2) is 4.79 Å². The van der Waals surface area contributed by atoms with Gasteiger partial charge in [0.15, 0.2) is 17.3 Å². The van der Waals surface area contributed by atoms with Crippen molar-refractivity contribution in [1.82, 2.24) is 15.1 Å². The predicted molar refractivity (Wildman–Crippen MR) is 119 cm³/mol. The molecule has 176 valence electrons. The van der Waals surface area contributed by atoms with E-state index in [4.69, 9.17) is 13.9 Å². The van der Waals surface area contributed by atoms with Crippen LogP contribution in [0.2, 0.25) is 0 Å². The van der Waals surface area contributed by atoms with Crippen molar-refractivity contribution in [3.63, 3.8) is 0 Å². The molecule has 1 atom stereocenters. The molecule has 1 aromatic heterocycles. The van der Waals surface area contributed by atoms with Gasteiger partial charge in [0, 0.05) is 24.2 Å². The molecule has 9 nitrogen and oxygen atoms in total. The third kappa shape index (κ3) is 3.92. The lowest BCUT2D eigenvalue weighted by Crippen LogP contribution is -2.54. The number of methoxy groups -OCH3 is 2. The summed E-state index contributed by atoms with van der Waals surface area (Å²) in [6, 6.07) is 6.69. The average Bonchev–Trinajstić information content (AvgIpc) is 3.35. The van der Waals surface area contributed by atoms with E-state index in [1.807, 2.05) is 6.92 Å². The average molecular weight is 456 g/mol. The lowest BCUT2D eigenvalue weighted by Gasteiger charge is -2.38. The lowest BCUT2D eigenvalue weighted by atomic mass is 9.79. The molecule has 4 amide bonds. The van der Waals surface area contributed by atoms with Crippen LogP contribution in [0.4, 0.5) is 4.79 Å². The number of aryl methyl sites for hydroxylation is 1. The number of imide groups is 1. The molecular weight excluding hydrogens is 426 g/mol. The SMILES string of the molecule is COc1cccc(CN2C(=O)N[C@](C)(C3CCN(C(=O)c4occc4C)CC3)C2=O)c1OC. The zero-order chi connectivity index (χ0) is 23.8. The third-order valence-corrected chi connectivity index (χ3v) is 6.77. The minimum atomic E-state index is -1.03. The smallest absolute Gasteiger partial charge is 0.325 e. The summed E-state index contributed by atoms with van der Waals surface area (Å²) in [5.74, 6) is 0.873. The molecule has 0 radical (unpaired) electrons. The maximum absolute atomic E-state index is 13.4.